The Labute approximate surface area is 90.2 Å². The Bertz CT molecular complexity index is 447. The molecular weight excluding hydrogens is 230 g/mol. The molecule has 1 aromatic heterocycles. The second-order valence-corrected chi connectivity index (χ2v) is 3.74. The zero-order chi connectivity index (χ0) is 9.42. The molecule has 0 aliphatic rings. The number of halogens is 3. The Balaban J connectivity index is 2.77. The lowest BCUT2D eigenvalue weighted by Gasteiger charge is -1.95. The Kier molecular flexibility index (Phi) is 2.41. The van der Waals surface area contributed by atoms with Crippen LogP contribution in [-0.4, -0.2) is 0 Å². The van der Waals surface area contributed by atoms with Crippen molar-refractivity contribution in [1.82, 2.24) is 0 Å². The van der Waals surface area contributed by atoms with Gasteiger partial charge in [-0.25, -0.2) is 0 Å². The molecule has 13 heavy (non-hydrogen) atoms. The first-order valence-electron chi connectivity index (χ1n) is 3.63. The monoisotopic (exact) mass is 234 g/mol. The summed E-state index contributed by atoms with van der Waals surface area (Å²) >= 11 is 17.4. The normalized spacial score (nSPS) is 11.0. The van der Waals surface area contributed by atoms with Crippen LogP contribution in [0.3, 0.4) is 0 Å². The predicted molar refractivity (Wildman–Crippen MR) is 55.8 cm³/mol. The van der Waals surface area contributed by atoms with E-state index in [9.17, 15) is 0 Å². The maximum atomic E-state index is 5.86. The van der Waals surface area contributed by atoms with Gasteiger partial charge < -0.3 is 4.42 Å². The fourth-order valence-electron chi connectivity index (χ4n) is 1.18. The van der Waals surface area contributed by atoms with Gasteiger partial charge in [-0.05, 0) is 6.07 Å². The third kappa shape index (κ3) is 1.52. The van der Waals surface area contributed by atoms with Gasteiger partial charge in [-0.1, -0.05) is 23.2 Å². The molecule has 0 fully saturated rings. The van der Waals surface area contributed by atoms with E-state index in [0.717, 1.165) is 10.9 Å². The van der Waals surface area contributed by atoms with E-state index in [1.807, 2.05) is 0 Å². The summed E-state index contributed by atoms with van der Waals surface area (Å²) in [5, 5.41) is 1.93. The predicted octanol–water partition coefficient (Wildman–Crippen LogP) is 4.48. The van der Waals surface area contributed by atoms with Gasteiger partial charge in [-0.3, -0.25) is 0 Å². The average Bonchev–Trinajstić information content (AvgIpc) is 2.48. The SMILES string of the molecule is ClCc1coc2cc(Cl)c(Cl)cc12. The molecule has 0 radical (unpaired) electrons. The van der Waals surface area contributed by atoms with E-state index >= 15 is 0 Å². The topological polar surface area (TPSA) is 13.1 Å². The van der Waals surface area contributed by atoms with Crippen LogP contribution in [0.25, 0.3) is 11.0 Å². The summed E-state index contributed by atoms with van der Waals surface area (Å²) in [6.07, 6.45) is 1.62. The van der Waals surface area contributed by atoms with Gasteiger partial charge in [0.2, 0.25) is 0 Å². The molecule has 0 saturated carbocycles. The van der Waals surface area contributed by atoms with Crippen LogP contribution in [0.15, 0.2) is 22.8 Å². The zero-order valence-electron chi connectivity index (χ0n) is 6.48. The standard InChI is InChI=1S/C9H5Cl3O/c10-3-5-4-13-9-2-8(12)7(11)1-6(5)9/h1-2,4H,3H2. The van der Waals surface area contributed by atoms with Gasteiger partial charge in [0.15, 0.2) is 0 Å². The first-order valence-corrected chi connectivity index (χ1v) is 4.92. The van der Waals surface area contributed by atoms with Crippen molar-refractivity contribution >= 4 is 45.8 Å². The van der Waals surface area contributed by atoms with Crippen LogP contribution in [0.4, 0.5) is 0 Å². The van der Waals surface area contributed by atoms with Gasteiger partial charge >= 0.3 is 0 Å². The molecule has 0 aliphatic carbocycles. The third-order valence-electron chi connectivity index (χ3n) is 1.84. The highest BCUT2D eigenvalue weighted by molar-refractivity contribution is 6.42. The van der Waals surface area contributed by atoms with Crippen molar-refractivity contribution in [3.05, 3.63) is 34.0 Å². The van der Waals surface area contributed by atoms with Crippen molar-refractivity contribution in [2.45, 2.75) is 5.88 Å². The van der Waals surface area contributed by atoms with E-state index in [1.54, 1.807) is 18.4 Å². The van der Waals surface area contributed by atoms with Crippen molar-refractivity contribution in [2.75, 3.05) is 0 Å². The van der Waals surface area contributed by atoms with Crippen LogP contribution in [-0.2, 0) is 5.88 Å². The molecule has 0 spiro atoms. The largest absolute Gasteiger partial charge is 0.464 e. The van der Waals surface area contributed by atoms with Gasteiger partial charge in [0.1, 0.15) is 5.58 Å². The summed E-state index contributed by atoms with van der Waals surface area (Å²) in [4.78, 5) is 0. The van der Waals surface area contributed by atoms with Crippen molar-refractivity contribution in [3.63, 3.8) is 0 Å². The molecule has 2 aromatic rings. The molecule has 0 saturated heterocycles. The second kappa shape index (κ2) is 3.41. The Morgan fingerprint density at radius 2 is 1.85 bits per heavy atom. The fourth-order valence-corrected chi connectivity index (χ4v) is 1.70. The molecule has 0 unspecified atom stereocenters. The molecule has 1 heterocycles. The van der Waals surface area contributed by atoms with Crippen molar-refractivity contribution < 1.29 is 4.42 Å². The molecule has 0 N–H and O–H groups in total. The smallest absolute Gasteiger partial charge is 0.135 e. The van der Waals surface area contributed by atoms with Crippen molar-refractivity contribution in [3.8, 4) is 0 Å². The van der Waals surface area contributed by atoms with Gasteiger partial charge in [0.05, 0.1) is 22.2 Å². The van der Waals surface area contributed by atoms with Gasteiger partial charge in [-0.15, -0.1) is 11.6 Å². The summed E-state index contributed by atoms with van der Waals surface area (Å²) in [6, 6.07) is 3.45. The Morgan fingerprint density at radius 3 is 2.54 bits per heavy atom. The summed E-state index contributed by atoms with van der Waals surface area (Å²) < 4.78 is 5.25. The fraction of sp³-hybridized carbons (Fsp3) is 0.111. The van der Waals surface area contributed by atoms with Gasteiger partial charge in [-0.2, -0.15) is 0 Å². The number of rotatable bonds is 1. The van der Waals surface area contributed by atoms with E-state index in [1.165, 1.54) is 0 Å². The molecule has 0 atom stereocenters. The number of fused-ring (bicyclic) bond motifs is 1. The quantitative estimate of drug-likeness (QED) is 0.664. The lowest BCUT2D eigenvalue weighted by Crippen LogP contribution is -1.74. The van der Waals surface area contributed by atoms with Gasteiger partial charge in [0.25, 0.3) is 0 Å². The van der Waals surface area contributed by atoms with Crippen LogP contribution < -0.4 is 0 Å². The van der Waals surface area contributed by atoms with Gasteiger partial charge in [0, 0.05) is 17.0 Å². The highest BCUT2D eigenvalue weighted by Crippen LogP contribution is 2.31. The molecule has 1 aromatic carbocycles. The van der Waals surface area contributed by atoms with Crippen LogP contribution >= 0.6 is 34.8 Å². The Hall–Kier alpha value is -0.370. The summed E-state index contributed by atoms with van der Waals surface area (Å²) in [7, 11) is 0. The molecule has 4 heteroatoms. The van der Waals surface area contributed by atoms with Crippen molar-refractivity contribution in [1.29, 1.82) is 0 Å². The molecule has 0 bridgehead atoms. The van der Waals surface area contributed by atoms with Crippen LogP contribution in [0.5, 0.6) is 0 Å². The van der Waals surface area contributed by atoms with E-state index in [0.29, 0.717) is 21.5 Å². The van der Waals surface area contributed by atoms with E-state index in [2.05, 4.69) is 0 Å². The van der Waals surface area contributed by atoms with E-state index in [4.69, 9.17) is 39.2 Å². The first-order chi connectivity index (χ1) is 6.22. The number of alkyl halides is 1. The maximum Gasteiger partial charge on any atom is 0.135 e. The minimum atomic E-state index is 0.408. The minimum Gasteiger partial charge on any atom is -0.464 e. The first kappa shape index (κ1) is 9.20. The molecule has 68 valence electrons. The molecule has 0 aliphatic heterocycles. The molecule has 2 rings (SSSR count). The summed E-state index contributed by atoms with van der Waals surface area (Å²) in [5.74, 6) is 0.408. The highest BCUT2D eigenvalue weighted by Gasteiger charge is 2.07. The third-order valence-corrected chi connectivity index (χ3v) is 2.85. The van der Waals surface area contributed by atoms with E-state index in [-0.39, 0.29) is 0 Å². The number of furan rings is 1. The summed E-state index contributed by atoms with van der Waals surface area (Å²) in [5.41, 5.74) is 1.64. The minimum absolute atomic E-state index is 0.408. The summed E-state index contributed by atoms with van der Waals surface area (Å²) in [6.45, 7) is 0. The number of benzene rings is 1. The van der Waals surface area contributed by atoms with Crippen LogP contribution in [0.1, 0.15) is 5.56 Å². The lowest BCUT2D eigenvalue weighted by molar-refractivity contribution is 0.612. The van der Waals surface area contributed by atoms with E-state index < -0.39 is 0 Å². The zero-order valence-corrected chi connectivity index (χ0v) is 8.75. The number of hydrogen-bond acceptors (Lipinski definition) is 1. The average molecular weight is 235 g/mol. The highest BCUT2D eigenvalue weighted by atomic mass is 35.5. The van der Waals surface area contributed by atoms with Crippen molar-refractivity contribution in [2.24, 2.45) is 0 Å². The van der Waals surface area contributed by atoms with Crippen LogP contribution in [0.2, 0.25) is 10.0 Å². The molecular formula is C9H5Cl3O. The maximum absolute atomic E-state index is 5.86. The lowest BCUT2D eigenvalue weighted by atomic mass is 10.2. The second-order valence-electron chi connectivity index (χ2n) is 2.66. The Morgan fingerprint density at radius 1 is 1.15 bits per heavy atom. The number of hydrogen-bond donors (Lipinski definition) is 0. The van der Waals surface area contributed by atoms with Crippen LogP contribution in [0, 0.1) is 0 Å². The molecule has 1 nitrogen and oxygen atoms in total. The molecule has 0 amide bonds.